The van der Waals surface area contributed by atoms with Crippen molar-refractivity contribution in [1.82, 2.24) is 0 Å². The molecule has 0 atom stereocenters. The van der Waals surface area contributed by atoms with E-state index >= 15 is 0 Å². The van der Waals surface area contributed by atoms with Gasteiger partial charge in [-0.05, 0) is 6.07 Å². The summed E-state index contributed by atoms with van der Waals surface area (Å²) in [5.74, 6) is -1.02. The molecule has 6 heteroatoms. The second-order valence-corrected chi connectivity index (χ2v) is 3.17. The second kappa shape index (κ2) is 5.24. The van der Waals surface area contributed by atoms with Crippen LogP contribution in [0, 0.1) is 11.3 Å². The van der Waals surface area contributed by atoms with Gasteiger partial charge in [0.15, 0.2) is 18.1 Å². The van der Waals surface area contributed by atoms with Gasteiger partial charge < -0.3 is 14.6 Å². The Balaban J connectivity index is 3.28. The Morgan fingerprint density at radius 2 is 2.31 bits per heavy atom. The molecule has 0 bridgehead atoms. The Morgan fingerprint density at radius 3 is 2.81 bits per heavy atom. The lowest BCUT2D eigenvalue weighted by Gasteiger charge is -2.11. The minimum Gasteiger partial charge on any atom is -0.493 e. The van der Waals surface area contributed by atoms with Crippen LogP contribution in [0.3, 0.4) is 0 Å². The quantitative estimate of drug-likeness (QED) is 0.872. The molecule has 1 aromatic carbocycles. The SMILES string of the molecule is COc1cc(Cl)cc(C(=O)O)c1OCC#N. The Morgan fingerprint density at radius 1 is 1.62 bits per heavy atom. The number of benzene rings is 1. The summed E-state index contributed by atoms with van der Waals surface area (Å²) in [5, 5.41) is 17.5. The van der Waals surface area contributed by atoms with Crippen LogP contribution in [0.15, 0.2) is 12.1 Å². The normalized spacial score (nSPS) is 9.31. The summed E-state index contributed by atoms with van der Waals surface area (Å²) in [6.07, 6.45) is 0. The van der Waals surface area contributed by atoms with Gasteiger partial charge in [-0.3, -0.25) is 0 Å². The first-order valence-electron chi connectivity index (χ1n) is 4.20. The molecule has 1 N–H and O–H groups in total. The van der Waals surface area contributed by atoms with Crippen molar-refractivity contribution in [2.75, 3.05) is 13.7 Å². The number of aromatic carboxylic acids is 1. The van der Waals surface area contributed by atoms with Gasteiger partial charge in [0.1, 0.15) is 11.6 Å². The molecule has 84 valence electrons. The first-order valence-corrected chi connectivity index (χ1v) is 4.58. The fourth-order valence-electron chi connectivity index (χ4n) is 1.13. The van der Waals surface area contributed by atoms with E-state index in [1.165, 1.54) is 19.2 Å². The molecule has 5 nitrogen and oxygen atoms in total. The zero-order valence-corrected chi connectivity index (χ0v) is 9.11. The first-order chi connectivity index (χ1) is 7.60. The van der Waals surface area contributed by atoms with E-state index in [4.69, 9.17) is 31.4 Å². The molecule has 0 amide bonds. The Hall–Kier alpha value is -1.93. The number of carbonyl (C=O) groups is 1. The lowest BCUT2D eigenvalue weighted by Crippen LogP contribution is -2.05. The highest BCUT2D eigenvalue weighted by Crippen LogP contribution is 2.34. The lowest BCUT2D eigenvalue weighted by atomic mass is 10.2. The zero-order valence-electron chi connectivity index (χ0n) is 8.36. The summed E-state index contributed by atoms with van der Waals surface area (Å²) >= 11 is 5.71. The fourth-order valence-corrected chi connectivity index (χ4v) is 1.34. The van der Waals surface area contributed by atoms with Gasteiger partial charge in [0.2, 0.25) is 0 Å². The maximum atomic E-state index is 10.9. The molecule has 0 radical (unpaired) electrons. The molecule has 16 heavy (non-hydrogen) atoms. The van der Waals surface area contributed by atoms with Crippen molar-refractivity contribution in [2.45, 2.75) is 0 Å². The monoisotopic (exact) mass is 241 g/mol. The van der Waals surface area contributed by atoms with Gasteiger partial charge in [0.25, 0.3) is 0 Å². The highest BCUT2D eigenvalue weighted by atomic mass is 35.5. The van der Waals surface area contributed by atoms with Crippen molar-refractivity contribution in [3.63, 3.8) is 0 Å². The summed E-state index contributed by atoms with van der Waals surface area (Å²) < 4.78 is 9.93. The Kier molecular flexibility index (Phi) is 3.97. The van der Waals surface area contributed by atoms with E-state index < -0.39 is 5.97 Å². The maximum absolute atomic E-state index is 10.9. The molecule has 0 aliphatic heterocycles. The molecular formula is C10H8ClNO4. The van der Waals surface area contributed by atoms with E-state index in [1.807, 2.05) is 0 Å². The maximum Gasteiger partial charge on any atom is 0.339 e. The fraction of sp³-hybridized carbons (Fsp3) is 0.200. The van der Waals surface area contributed by atoms with Crippen molar-refractivity contribution in [2.24, 2.45) is 0 Å². The van der Waals surface area contributed by atoms with Crippen LogP contribution in [0.4, 0.5) is 0 Å². The number of carboxylic acids is 1. The molecule has 0 spiro atoms. The van der Waals surface area contributed by atoms with Crippen molar-refractivity contribution in [1.29, 1.82) is 5.26 Å². The van der Waals surface area contributed by atoms with E-state index in [0.29, 0.717) is 0 Å². The highest BCUT2D eigenvalue weighted by Gasteiger charge is 2.18. The third-order valence-electron chi connectivity index (χ3n) is 1.75. The van der Waals surface area contributed by atoms with E-state index in [-0.39, 0.29) is 28.7 Å². The predicted octanol–water partition coefficient (Wildman–Crippen LogP) is 1.95. The predicted molar refractivity (Wildman–Crippen MR) is 56.1 cm³/mol. The minimum absolute atomic E-state index is 0.000880. The van der Waals surface area contributed by atoms with Crippen LogP contribution < -0.4 is 9.47 Å². The van der Waals surface area contributed by atoms with Crippen LogP contribution in [-0.2, 0) is 0 Å². The molecule has 0 aliphatic rings. The summed E-state index contributed by atoms with van der Waals surface area (Å²) in [5.41, 5.74) is -0.139. The third-order valence-corrected chi connectivity index (χ3v) is 1.97. The van der Waals surface area contributed by atoms with Gasteiger partial charge >= 0.3 is 5.97 Å². The lowest BCUT2D eigenvalue weighted by molar-refractivity contribution is 0.0692. The Labute approximate surface area is 96.8 Å². The van der Waals surface area contributed by atoms with Gasteiger partial charge in [0.05, 0.1) is 7.11 Å². The number of nitriles is 1. The van der Waals surface area contributed by atoms with Gasteiger partial charge in [-0.1, -0.05) is 11.6 Å². The molecule has 0 saturated heterocycles. The van der Waals surface area contributed by atoms with Crippen LogP contribution >= 0.6 is 11.6 Å². The number of methoxy groups -OCH3 is 1. The van der Waals surface area contributed by atoms with E-state index in [0.717, 1.165) is 0 Å². The van der Waals surface area contributed by atoms with E-state index in [1.54, 1.807) is 6.07 Å². The average Bonchev–Trinajstić information content (AvgIpc) is 2.26. The molecule has 0 unspecified atom stereocenters. The number of halogens is 1. The number of nitrogens with zero attached hydrogens (tertiary/aromatic N) is 1. The van der Waals surface area contributed by atoms with Crippen molar-refractivity contribution in [3.8, 4) is 17.6 Å². The van der Waals surface area contributed by atoms with E-state index in [2.05, 4.69) is 0 Å². The summed E-state index contributed by atoms with van der Waals surface area (Å²) in [7, 11) is 1.36. The van der Waals surface area contributed by atoms with Crippen LogP contribution in [-0.4, -0.2) is 24.8 Å². The molecule has 1 aromatic rings. The van der Waals surface area contributed by atoms with Crippen LogP contribution in [0.25, 0.3) is 0 Å². The topological polar surface area (TPSA) is 79.6 Å². The summed E-state index contributed by atoms with van der Waals surface area (Å²) in [4.78, 5) is 10.9. The van der Waals surface area contributed by atoms with Crippen LogP contribution in [0.2, 0.25) is 5.02 Å². The number of rotatable bonds is 4. The molecular weight excluding hydrogens is 234 g/mol. The second-order valence-electron chi connectivity index (χ2n) is 2.74. The summed E-state index contributed by atoms with van der Waals surface area (Å²) in [6, 6.07) is 4.40. The van der Waals surface area contributed by atoms with Gasteiger partial charge in [0, 0.05) is 11.1 Å². The average molecular weight is 242 g/mol. The number of ether oxygens (including phenoxy) is 2. The van der Waals surface area contributed by atoms with Crippen molar-refractivity contribution >= 4 is 17.6 Å². The number of carboxylic acid groups (broad SMARTS) is 1. The van der Waals surface area contributed by atoms with Crippen molar-refractivity contribution in [3.05, 3.63) is 22.7 Å². The highest BCUT2D eigenvalue weighted by molar-refractivity contribution is 6.31. The number of hydrogen-bond acceptors (Lipinski definition) is 4. The smallest absolute Gasteiger partial charge is 0.339 e. The van der Waals surface area contributed by atoms with Gasteiger partial charge in [-0.15, -0.1) is 0 Å². The molecule has 0 aromatic heterocycles. The molecule has 0 heterocycles. The Bertz CT molecular complexity index is 453. The molecule has 0 fully saturated rings. The first kappa shape index (κ1) is 12.1. The minimum atomic E-state index is -1.20. The van der Waals surface area contributed by atoms with Gasteiger partial charge in [-0.2, -0.15) is 5.26 Å². The van der Waals surface area contributed by atoms with Crippen LogP contribution in [0.1, 0.15) is 10.4 Å². The van der Waals surface area contributed by atoms with Gasteiger partial charge in [-0.25, -0.2) is 4.79 Å². The van der Waals surface area contributed by atoms with Crippen molar-refractivity contribution < 1.29 is 19.4 Å². The molecule has 0 aliphatic carbocycles. The zero-order chi connectivity index (χ0) is 12.1. The standard InChI is InChI=1S/C10H8ClNO4/c1-15-8-5-6(11)4-7(10(13)14)9(8)16-3-2-12/h4-5H,3H2,1H3,(H,13,14). The van der Waals surface area contributed by atoms with Crippen LogP contribution in [0.5, 0.6) is 11.5 Å². The third kappa shape index (κ3) is 2.55. The molecule has 1 rings (SSSR count). The largest absolute Gasteiger partial charge is 0.493 e. The molecule has 0 saturated carbocycles. The summed E-state index contributed by atoms with van der Waals surface area (Å²) in [6.45, 7) is -0.266. The van der Waals surface area contributed by atoms with E-state index in [9.17, 15) is 4.79 Å². The number of hydrogen-bond donors (Lipinski definition) is 1.